The molecular formula is C14H13N3O4. The average molecular weight is 287 g/mol. The van der Waals surface area contributed by atoms with Crippen molar-refractivity contribution in [3.8, 4) is 17.5 Å². The molecule has 0 bridgehead atoms. The predicted octanol–water partition coefficient (Wildman–Crippen LogP) is 0.900. The van der Waals surface area contributed by atoms with E-state index in [1.54, 1.807) is 18.5 Å². The first-order valence-electron chi connectivity index (χ1n) is 6.36. The first-order valence-corrected chi connectivity index (χ1v) is 6.36. The molecule has 1 N–H and O–H groups in total. The minimum Gasteiger partial charge on any atom is -0.454 e. The third kappa shape index (κ3) is 3.38. The molecule has 1 aliphatic rings. The van der Waals surface area contributed by atoms with Gasteiger partial charge >= 0.3 is 6.01 Å². The zero-order valence-corrected chi connectivity index (χ0v) is 11.1. The van der Waals surface area contributed by atoms with Crippen molar-refractivity contribution in [3.05, 3.63) is 42.2 Å². The summed E-state index contributed by atoms with van der Waals surface area (Å²) in [6.45, 7) is 0.485. The quantitative estimate of drug-likeness (QED) is 0.879. The molecule has 0 radical (unpaired) electrons. The molecule has 0 atom stereocenters. The third-order valence-corrected chi connectivity index (χ3v) is 2.80. The molecule has 3 rings (SSSR count). The number of nitrogens with zero attached hydrogens (tertiary/aromatic N) is 2. The molecule has 0 aliphatic carbocycles. The Bertz CT molecular complexity index is 633. The standard InChI is InChI=1S/C14H13N3O4/c18-13(8-19-14-15-4-1-5-16-14)17-7-10-2-3-11-12(6-10)21-9-20-11/h1-6H,7-9H2,(H,17,18). The molecule has 7 heteroatoms. The number of hydrogen-bond donors (Lipinski definition) is 1. The molecule has 0 fully saturated rings. The number of carbonyl (C=O) groups is 1. The van der Waals surface area contributed by atoms with Crippen molar-refractivity contribution in [2.75, 3.05) is 13.4 Å². The number of nitrogens with one attached hydrogen (secondary N) is 1. The molecule has 108 valence electrons. The number of amides is 1. The van der Waals surface area contributed by atoms with Gasteiger partial charge in [0.15, 0.2) is 18.1 Å². The maximum absolute atomic E-state index is 11.7. The Kier molecular flexibility index (Phi) is 3.81. The largest absolute Gasteiger partial charge is 0.454 e. The molecule has 0 spiro atoms. The lowest BCUT2D eigenvalue weighted by Gasteiger charge is -2.07. The fourth-order valence-electron chi connectivity index (χ4n) is 1.79. The number of rotatable bonds is 5. The van der Waals surface area contributed by atoms with E-state index in [4.69, 9.17) is 14.2 Å². The lowest BCUT2D eigenvalue weighted by Crippen LogP contribution is -2.28. The van der Waals surface area contributed by atoms with E-state index >= 15 is 0 Å². The van der Waals surface area contributed by atoms with Crippen molar-refractivity contribution in [1.29, 1.82) is 0 Å². The van der Waals surface area contributed by atoms with Crippen LogP contribution in [0.3, 0.4) is 0 Å². The van der Waals surface area contributed by atoms with E-state index in [-0.39, 0.29) is 25.3 Å². The molecule has 0 saturated carbocycles. The normalized spacial score (nSPS) is 12.0. The number of carbonyl (C=O) groups excluding carboxylic acids is 1. The zero-order chi connectivity index (χ0) is 14.5. The van der Waals surface area contributed by atoms with E-state index in [2.05, 4.69) is 15.3 Å². The van der Waals surface area contributed by atoms with Gasteiger partial charge in [0.25, 0.3) is 5.91 Å². The average Bonchev–Trinajstić information content (AvgIpc) is 2.99. The van der Waals surface area contributed by atoms with Gasteiger partial charge in [-0.2, -0.15) is 0 Å². The van der Waals surface area contributed by atoms with E-state index < -0.39 is 0 Å². The van der Waals surface area contributed by atoms with Crippen molar-refractivity contribution in [3.63, 3.8) is 0 Å². The maximum Gasteiger partial charge on any atom is 0.316 e. The van der Waals surface area contributed by atoms with E-state index in [0.29, 0.717) is 12.3 Å². The van der Waals surface area contributed by atoms with Crippen LogP contribution in [0, 0.1) is 0 Å². The molecule has 1 aliphatic heterocycles. The highest BCUT2D eigenvalue weighted by molar-refractivity contribution is 5.77. The van der Waals surface area contributed by atoms with Crippen LogP contribution in [0.1, 0.15) is 5.56 Å². The topological polar surface area (TPSA) is 82.6 Å². The third-order valence-electron chi connectivity index (χ3n) is 2.80. The van der Waals surface area contributed by atoms with Gasteiger partial charge in [0, 0.05) is 18.9 Å². The summed E-state index contributed by atoms with van der Waals surface area (Å²) in [5.74, 6) is 1.16. The molecule has 2 aromatic rings. The van der Waals surface area contributed by atoms with E-state index in [1.165, 1.54) is 0 Å². The number of aromatic nitrogens is 2. The Morgan fingerprint density at radius 2 is 2.05 bits per heavy atom. The van der Waals surface area contributed by atoms with Gasteiger partial charge in [0.2, 0.25) is 6.79 Å². The minimum absolute atomic E-state index is 0.130. The Labute approximate surface area is 120 Å². The van der Waals surface area contributed by atoms with Gasteiger partial charge in [0.1, 0.15) is 0 Å². The van der Waals surface area contributed by atoms with E-state index in [0.717, 1.165) is 11.3 Å². The molecule has 1 amide bonds. The molecule has 1 aromatic heterocycles. The van der Waals surface area contributed by atoms with Gasteiger partial charge in [-0.05, 0) is 23.8 Å². The van der Waals surface area contributed by atoms with Crippen molar-refractivity contribution >= 4 is 5.91 Å². The van der Waals surface area contributed by atoms with Crippen LogP contribution in [0.2, 0.25) is 0 Å². The Morgan fingerprint density at radius 1 is 1.24 bits per heavy atom. The smallest absolute Gasteiger partial charge is 0.316 e. The van der Waals surface area contributed by atoms with Crippen LogP contribution in [0.5, 0.6) is 17.5 Å². The van der Waals surface area contributed by atoms with Crippen LogP contribution >= 0.6 is 0 Å². The van der Waals surface area contributed by atoms with E-state index in [1.807, 2.05) is 18.2 Å². The maximum atomic E-state index is 11.7. The Morgan fingerprint density at radius 3 is 2.90 bits per heavy atom. The Balaban J connectivity index is 1.47. The summed E-state index contributed by atoms with van der Waals surface area (Å²) < 4.78 is 15.6. The summed E-state index contributed by atoms with van der Waals surface area (Å²) in [6, 6.07) is 7.37. The highest BCUT2D eigenvalue weighted by Crippen LogP contribution is 2.32. The van der Waals surface area contributed by atoms with Crippen molar-refractivity contribution in [1.82, 2.24) is 15.3 Å². The van der Waals surface area contributed by atoms with Crippen molar-refractivity contribution in [2.45, 2.75) is 6.54 Å². The lowest BCUT2D eigenvalue weighted by molar-refractivity contribution is -0.123. The molecule has 7 nitrogen and oxygen atoms in total. The summed E-state index contributed by atoms with van der Waals surface area (Å²) in [6.07, 6.45) is 3.10. The summed E-state index contributed by atoms with van der Waals surface area (Å²) in [4.78, 5) is 19.4. The van der Waals surface area contributed by atoms with Crippen LogP contribution in [0.25, 0.3) is 0 Å². The zero-order valence-electron chi connectivity index (χ0n) is 11.1. The van der Waals surface area contributed by atoms with Crippen molar-refractivity contribution < 1.29 is 19.0 Å². The second-order valence-corrected chi connectivity index (χ2v) is 4.28. The first kappa shape index (κ1) is 13.2. The van der Waals surface area contributed by atoms with Gasteiger partial charge in [-0.15, -0.1) is 0 Å². The van der Waals surface area contributed by atoms with Crippen LogP contribution in [-0.2, 0) is 11.3 Å². The van der Waals surface area contributed by atoms with Crippen LogP contribution in [0.15, 0.2) is 36.7 Å². The minimum atomic E-state index is -0.250. The fourth-order valence-corrected chi connectivity index (χ4v) is 1.79. The fraction of sp³-hybridized carbons (Fsp3) is 0.214. The van der Waals surface area contributed by atoms with Gasteiger partial charge in [-0.1, -0.05) is 6.07 Å². The number of benzene rings is 1. The lowest BCUT2D eigenvalue weighted by atomic mass is 10.2. The molecule has 0 saturated heterocycles. The molecule has 21 heavy (non-hydrogen) atoms. The molecule has 2 heterocycles. The van der Waals surface area contributed by atoms with Crippen LogP contribution < -0.4 is 19.5 Å². The molecule has 1 aromatic carbocycles. The molecule has 0 unspecified atom stereocenters. The summed E-state index contributed by atoms with van der Waals surface area (Å²) in [5.41, 5.74) is 0.920. The van der Waals surface area contributed by atoms with Crippen LogP contribution in [0.4, 0.5) is 0 Å². The van der Waals surface area contributed by atoms with Crippen LogP contribution in [-0.4, -0.2) is 29.3 Å². The predicted molar refractivity (Wildman–Crippen MR) is 71.9 cm³/mol. The number of ether oxygens (including phenoxy) is 3. The van der Waals surface area contributed by atoms with Gasteiger partial charge < -0.3 is 19.5 Å². The van der Waals surface area contributed by atoms with E-state index in [9.17, 15) is 4.79 Å². The monoisotopic (exact) mass is 287 g/mol. The second kappa shape index (κ2) is 6.08. The van der Waals surface area contributed by atoms with Crippen molar-refractivity contribution in [2.24, 2.45) is 0 Å². The SMILES string of the molecule is O=C(COc1ncccn1)NCc1ccc2c(c1)OCO2. The summed E-state index contributed by atoms with van der Waals surface area (Å²) in [7, 11) is 0. The van der Waals surface area contributed by atoms with Gasteiger partial charge in [-0.3, -0.25) is 4.79 Å². The first-order chi connectivity index (χ1) is 10.3. The van der Waals surface area contributed by atoms with Gasteiger partial charge in [-0.25, -0.2) is 9.97 Å². The number of fused-ring (bicyclic) bond motifs is 1. The second-order valence-electron chi connectivity index (χ2n) is 4.28. The van der Waals surface area contributed by atoms with Gasteiger partial charge in [0.05, 0.1) is 0 Å². The Hall–Kier alpha value is -2.83. The number of hydrogen-bond acceptors (Lipinski definition) is 6. The highest BCUT2D eigenvalue weighted by atomic mass is 16.7. The summed E-state index contributed by atoms with van der Waals surface area (Å²) >= 11 is 0. The highest BCUT2D eigenvalue weighted by Gasteiger charge is 2.13. The molecular weight excluding hydrogens is 274 g/mol. The summed E-state index contributed by atoms with van der Waals surface area (Å²) in [5, 5.41) is 2.74.